The molecular weight excluding hydrogens is 256 g/mol. The minimum atomic E-state index is -0.268. The average molecular weight is 276 g/mol. The van der Waals surface area contributed by atoms with Gasteiger partial charge in [0.15, 0.2) is 0 Å². The van der Waals surface area contributed by atoms with Crippen molar-refractivity contribution in [3.8, 4) is 0 Å². The lowest BCUT2D eigenvalue weighted by Gasteiger charge is -2.21. The lowest BCUT2D eigenvalue weighted by Crippen LogP contribution is -2.37. The number of carbonyl (C=O) groups excluding carboxylic acids is 2. The second-order valence-electron chi connectivity index (χ2n) is 4.81. The first kappa shape index (κ1) is 14.3. The van der Waals surface area contributed by atoms with E-state index in [4.69, 9.17) is 0 Å². The summed E-state index contributed by atoms with van der Waals surface area (Å²) in [6, 6.07) is 6.79. The molecule has 1 atom stereocenters. The van der Waals surface area contributed by atoms with Gasteiger partial charge in [0.2, 0.25) is 5.91 Å². The fourth-order valence-corrected chi connectivity index (χ4v) is 2.15. The van der Waals surface area contributed by atoms with Crippen molar-refractivity contribution in [2.45, 2.75) is 12.8 Å². The maximum Gasteiger partial charge on any atom is 0.318 e. The van der Waals surface area contributed by atoms with Gasteiger partial charge >= 0.3 is 6.03 Å². The summed E-state index contributed by atoms with van der Waals surface area (Å²) in [5.41, 5.74) is 1.42. The van der Waals surface area contributed by atoms with Crippen molar-refractivity contribution in [1.82, 2.24) is 10.6 Å². The Balaban J connectivity index is 1.89. The highest BCUT2D eigenvalue weighted by Gasteiger charge is 2.20. The third-order valence-electron chi connectivity index (χ3n) is 3.31. The number of benzene rings is 1. The molecule has 1 saturated heterocycles. The molecule has 1 fully saturated rings. The van der Waals surface area contributed by atoms with Crippen molar-refractivity contribution in [3.63, 3.8) is 0 Å². The Morgan fingerprint density at radius 3 is 2.35 bits per heavy atom. The van der Waals surface area contributed by atoms with Gasteiger partial charge in [-0.2, -0.15) is 0 Å². The van der Waals surface area contributed by atoms with E-state index in [1.54, 1.807) is 31.3 Å². The van der Waals surface area contributed by atoms with Gasteiger partial charge in [-0.15, -0.1) is 0 Å². The van der Waals surface area contributed by atoms with Crippen molar-refractivity contribution in [1.29, 1.82) is 0 Å². The highest BCUT2D eigenvalue weighted by Crippen LogP contribution is 2.16. The largest absolute Gasteiger partial charge is 0.341 e. The van der Waals surface area contributed by atoms with E-state index in [1.807, 2.05) is 0 Å². The van der Waals surface area contributed by atoms with Crippen LogP contribution in [0.1, 0.15) is 12.8 Å². The monoisotopic (exact) mass is 276 g/mol. The third kappa shape index (κ3) is 3.96. The predicted molar refractivity (Wildman–Crippen MR) is 78.7 cm³/mol. The van der Waals surface area contributed by atoms with Crippen LogP contribution in [-0.4, -0.2) is 32.1 Å². The van der Waals surface area contributed by atoms with Gasteiger partial charge in [-0.1, -0.05) is 0 Å². The van der Waals surface area contributed by atoms with Crippen LogP contribution in [0.5, 0.6) is 0 Å². The van der Waals surface area contributed by atoms with E-state index in [9.17, 15) is 9.59 Å². The minimum Gasteiger partial charge on any atom is -0.341 e. The highest BCUT2D eigenvalue weighted by molar-refractivity contribution is 5.93. The zero-order chi connectivity index (χ0) is 14.4. The van der Waals surface area contributed by atoms with Crippen LogP contribution < -0.4 is 21.3 Å². The van der Waals surface area contributed by atoms with Gasteiger partial charge in [0.1, 0.15) is 0 Å². The first-order valence-corrected chi connectivity index (χ1v) is 6.79. The van der Waals surface area contributed by atoms with Gasteiger partial charge in [-0.05, 0) is 43.7 Å². The van der Waals surface area contributed by atoms with E-state index in [1.165, 1.54) is 0 Å². The van der Waals surface area contributed by atoms with Crippen LogP contribution in [0.2, 0.25) is 0 Å². The number of urea groups is 1. The molecule has 0 aromatic heterocycles. The van der Waals surface area contributed by atoms with E-state index in [2.05, 4.69) is 21.3 Å². The molecular formula is C14H20N4O2. The molecule has 108 valence electrons. The zero-order valence-corrected chi connectivity index (χ0v) is 11.5. The van der Waals surface area contributed by atoms with Crippen molar-refractivity contribution in [3.05, 3.63) is 24.3 Å². The number of hydrogen-bond acceptors (Lipinski definition) is 3. The fourth-order valence-electron chi connectivity index (χ4n) is 2.15. The summed E-state index contributed by atoms with van der Waals surface area (Å²) < 4.78 is 0. The topological polar surface area (TPSA) is 82.3 Å². The summed E-state index contributed by atoms with van der Waals surface area (Å²) in [4.78, 5) is 23.2. The van der Waals surface area contributed by atoms with E-state index in [-0.39, 0.29) is 17.9 Å². The second-order valence-corrected chi connectivity index (χ2v) is 4.81. The number of amides is 3. The van der Waals surface area contributed by atoms with Gasteiger partial charge in [-0.25, -0.2) is 4.79 Å². The standard InChI is InChI=1S/C14H20N4O2/c1-15-14(20)18-12-6-4-11(5-7-12)17-13(19)10-3-2-8-16-9-10/h4-7,10,16H,2-3,8-9H2,1H3,(H,17,19)(H2,15,18,20). The molecule has 6 nitrogen and oxygen atoms in total. The van der Waals surface area contributed by atoms with Gasteiger partial charge in [0.05, 0.1) is 5.92 Å². The molecule has 1 heterocycles. The molecule has 0 bridgehead atoms. The van der Waals surface area contributed by atoms with Crippen LogP contribution in [-0.2, 0) is 4.79 Å². The summed E-state index contributed by atoms with van der Waals surface area (Å²) in [7, 11) is 1.56. The number of anilines is 2. The van der Waals surface area contributed by atoms with Crippen LogP contribution in [0, 0.1) is 5.92 Å². The third-order valence-corrected chi connectivity index (χ3v) is 3.31. The molecule has 1 aliphatic heterocycles. The summed E-state index contributed by atoms with van der Waals surface area (Å²) in [5, 5.41) is 11.3. The van der Waals surface area contributed by atoms with Crippen LogP contribution in [0.15, 0.2) is 24.3 Å². The Morgan fingerprint density at radius 2 is 1.80 bits per heavy atom. The normalized spacial score (nSPS) is 18.1. The smallest absolute Gasteiger partial charge is 0.318 e. The van der Waals surface area contributed by atoms with Crippen LogP contribution in [0.3, 0.4) is 0 Å². The maximum absolute atomic E-state index is 12.0. The molecule has 1 unspecified atom stereocenters. The number of rotatable bonds is 3. The van der Waals surface area contributed by atoms with Crippen molar-refractivity contribution in [2.24, 2.45) is 5.92 Å². The number of hydrogen-bond donors (Lipinski definition) is 4. The summed E-state index contributed by atoms with van der Waals surface area (Å²) >= 11 is 0. The Bertz CT molecular complexity index is 467. The predicted octanol–water partition coefficient (Wildman–Crippen LogP) is 1.38. The molecule has 2 rings (SSSR count). The van der Waals surface area contributed by atoms with E-state index in [0.717, 1.165) is 31.6 Å². The first-order chi connectivity index (χ1) is 9.69. The Morgan fingerprint density at radius 1 is 1.15 bits per heavy atom. The average Bonchev–Trinajstić information content (AvgIpc) is 2.50. The minimum absolute atomic E-state index is 0.0346. The molecule has 1 aliphatic rings. The molecule has 3 amide bonds. The molecule has 0 aliphatic carbocycles. The Kier molecular flexibility index (Phi) is 4.95. The molecule has 0 spiro atoms. The lowest BCUT2D eigenvalue weighted by molar-refractivity contribution is -0.120. The molecule has 1 aromatic rings. The van der Waals surface area contributed by atoms with Gasteiger partial charge < -0.3 is 21.3 Å². The number of piperidine rings is 1. The van der Waals surface area contributed by atoms with E-state index < -0.39 is 0 Å². The molecule has 6 heteroatoms. The van der Waals surface area contributed by atoms with Crippen LogP contribution >= 0.6 is 0 Å². The van der Waals surface area contributed by atoms with Crippen molar-refractivity contribution < 1.29 is 9.59 Å². The fraction of sp³-hybridized carbons (Fsp3) is 0.429. The van der Waals surface area contributed by atoms with E-state index in [0.29, 0.717) is 5.69 Å². The van der Waals surface area contributed by atoms with E-state index >= 15 is 0 Å². The van der Waals surface area contributed by atoms with Gasteiger partial charge in [0, 0.05) is 25.0 Å². The lowest BCUT2D eigenvalue weighted by atomic mass is 9.99. The van der Waals surface area contributed by atoms with Gasteiger partial charge in [0.25, 0.3) is 0 Å². The Labute approximate surface area is 118 Å². The SMILES string of the molecule is CNC(=O)Nc1ccc(NC(=O)C2CCCNC2)cc1. The van der Waals surface area contributed by atoms with Crippen LogP contribution in [0.4, 0.5) is 16.2 Å². The summed E-state index contributed by atoms with van der Waals surface area (Å²) in [5.74, 6) is 0.0802. The summed E-state index contributed by atoms with van der Waals surface area (Å²) in [6.07, 6.45) is 1.96. The molecule has 20 heavy (non-hydrogen) atoms. The summed E-state index contributed by atoms with van der Waals surface area (Å²) in [6.45, 7) is 1.73. The molecule has 0 radical (unpaired) electrons. The maximum atomic E-state index is 12.0. The zero-order valence-electron chi connectivity index (χ0n) is 11.5. The first-order valence-electron chi connectivity index (χ1n) is 6.79. The van der Waals surface area contributed by atoms with Crippen molar-refractivity contribution in [2.75, 3.05) is 30.8 Å². The molecule has 4 N–H and O–H groups in total. The Hall–Kier alpha value is -2.08. The number of nitrogens with one attached hydrogen (secondary N) is 4. The quantitative estimate of drug-likeness (QED) is 0.673. The second kappa shape index (κ2) is 6.91. The number of carbonyl (C=O) groups is 2. The molecule has 0 saturated carbocycles. The van der Waals surface area contributed by atoms with Crippen molar-refractivity contribution >= 4 is 23.3 Å². The van der Waals surface area contributed by atoms with Crippen LogP contribution in [0.25, 0.3) is 0 Å². The molecule has 1 aromatic carbocycles. The highest BCUT2D eigenvalue weighted by atomic mass is 16.2. The van der Waals surface area contributed by atoms with Gasteiger partial charge in [-0.3, -0.25) is 4.79 Å².